The maximum atomic E-state index is 12.4. The van der Waals surface area contributed by atoms with E-state index in [1.54, 1.807) is 49.5 Å². The standard InChI is InChI=1S/C22H21NO3S2/c1-25-18-11-16(12-19(13-18)26-2)7-8-22(24)23-20-5-3-4-6-21(20)28-15-17-9-10-27-14-17/h3-14H,15H2,1-2H3,(H,23,24)/b8-7+. The molecule has 1 N–H and O–H groups in total. The molecule has 0 spiro atoms. The van der Waals surface area contributed by atoms with Crippen LogP contribution in [0, 0.1) is 0 Å². The quantitative estimate of drug-likeness (QED) is 0.381. The molecule has 0 bridgehead atoms. The number of ether oxygens (including phenoxy) is 2. The number of hydrogen-bond donors (Lipinski definition) is 1. The monoisotopic (exact) mass is 411 g/mol. The number of rotatable bonds is 8. The average molecular weight is 412 g/mol. The molecule has 0 aliphatic rings. The fraction of sp³-hybridized carbons (Fsp3) is 0.136. The molecule has 1 aromatic heterocycles. The molecule has 0 aliphatic carbocycles. The maximum Gasteiger partial charge on any atom is 0.248 e. The summed E-state index contributed by atoms with van der Waals surface area (Å²) in [6.07, 6.45) is 3.25. The Bertz CT molecular complexity index is 930. The summed E-state index contributed by atoms with van der Waals surface area (Å²) in [4.78, 5) is 13.5. The van der Waals surface area contributed by atoms with E-state index in [0.717, 1.165) is 21.9 Å². The molecule has 0 saturated heterocycles. The van der Waals surface area contributed by atoms with Crippen LogP contribution in [0.5, 0.6) is 11.5 Å². The van der Waals surface area contributed by atoms with E-state index in [4.69, 9.17) is 9.47 Å². The van der Waals surface area contributed by atoms with Crippen LogP contribution >= 0.6 is 23.1 Å². The number of para-hydroxylation sites is 1. The van der Waals surface area contributed by atoms with Gasteiger partial charge in [0.2, 0.25) is 5.91 Å². The summed E-state index contributed by atoms with van der Waals surface area (Å²) in [6, 6.07) is 15.4. The highest BCUT2D eigenvalue weighted by atomic mass is 32.2. The zero-order valence-corrected chi connectivity index (χ0v) is 17.3. The highest BCUT2D eigenvalue weighted by Crippen LogP contribution is 2.30. The number of benzene rings is 2. The van der Waals surface area contributed by atoms with Gasteiger partial charge in [-0.1, -0.05) is 12.1 Å². The van der Waals surface area contributed by atoms with Gasteiger partial charge in [0.1, 0.15) is 11.5 Å². The van der Waals surface area contributed by atoms with Crippen molar-refractivity contribution in [1.82, 2.24) is 0 Å². The second kappa shape index (κ2) is 10.0. The van der Waals surface area contributed by atoms with Crippen LogP contribution in [-0.4, -0.2) is 20.1 Å². The fourth-order valence-corrected chi connectivity index (χ4v) is 4.23. The minimum atomic E-state index is -0.189. The minimum absolute atomic E-state index is 0.189. The molecule has 0 saturated carbocycles. The molecule has 0 fully saturated rings. The number of carbonyl (C=O) groups is 1. The Labute approximate surface area is 173 Å². The second-order valence-electron chi connectivity index (χ2n) is 5.89. The molecule has 28 heavy (non-hydrogen) atoms. The number of thioether (sulfide) groups is 1. The molecule has 4 nitrogen and oxygen atoms in total. The summed E-state index contributed by atoms with van der Waals surface area (Å²) in [5.41, 5.74) is 2.91. The number of methoxy groups -OCH3 is 2. The van der Waals surface area contributed by atoms with Crippen LogP contribution in [0.3, 0.4) is 0 Å². The number of carbonyl (C=O) groups excluding carboxylic acids is 1. The van der Waals surface area contributed by atoms with Gasteiger partial charge >= 0.3 is 0 Å². The first-order valence-electron chi connectivity index (χ1n) is 8.63. The van der Waals surface area contributed by atoms with Gasteiger partial charge in [0.15, 0.2) is 0 Å². The molecule has 1 heterocycles. The first-order chi connectivity index (χ1) is 13.7. The van der Waals surface area contributed by atoms with E-state index in [-0.39, 0.29) is 5.91 Å². The molecule has 0 atom stereocenters. The van der Waals surface area contributed by atoms with Gasteiger partial charge in [-0.05, 0) is 58.3 Å². The fourth-order valence-electron chi connectivity index (χ4n) is 2.50. The van der Waals surface area contributed by atoms with E-state index < -0.39 is 0 Å². The molecular weight excluding hydrogens is 390 g/mol. The molecule has 3 rings (SSSR count). The normalized spacial score (nSPS) is 10.8. The van der Waals surface area contributed by atoms with E-state index in [2.05, 4.69) is 22.1 Å². The van der Waals surface area contributed by atoms with Gasteiger partial charge in [-0.2, -0.15) is 11.3 Å². The van der Waals surface area contributed by atoms with E-state index in [1.165, 1.54) is 11.6 Å². The third-order valence-electron chi connectivity index (χ3n) is 3.92. The van der Waals surface area contributed by atoms with Gasteiger partial charge in [-0.25, -0.2) is 0 Å². The van der Waals surface area contributed by atoms with Crippen molar-refractivity contribution in [2.45, 2.75) is 10.6 Å². The average Bonchev–Trinajstić information content (AvgIpc) is 3.25. The maximum absolute atomic E-state index is 12.4. The van der Waals surface area contributed by atoms with E-state index in [9.17, 15) is 4.79 Å². The lowest BCUT2D eigenvalue weighted by Gasteiger charge is -2.09. The summed E-state index contributed by atoms with van der Waals surface area (Å²) in [5, 5.41) is 7.17. The molecule has 0 aliphatic heterocycles. The zero-order chi connectivity index (χ0) is 19.8. The number of amides is 1. The van der Waals surface area contributed by atoms with E-state index in [1.807, 2.05) is 36.4 Å². The van der Waals surface area contributed by atoms with E-state index >= 15 is 0 Å². The van der Waals surface area contributed by atoms with Crippen LogP contribution < -0.4 is 14.8 Å². The lowest BCUT2D eigenvalue weighted by molar-refractivity contribution is -0.111. The van der Waals surface area contributed by atoms with E-state index in [0.29, 0.717) is 11.5 Å². The summed E-state index contributed by atoms with van der Waals surface area (Å²) in [7, 11) is 3.19. The van der Waals surface area contributed by atoms with Crippen molar-refractivity contribution in [3.63, 3.8) is 0 Å². The number of anilines is 1. The third kappa shape index (κ3) is 5.65. The largest absolute Gasteiger partial charge is 0.497 e. The smallest absolute Gasteiger partial charge is 0.248 e. The minimum Gasteiger partial charge on any atom is -0.497 e. The lowest BCUT2D eigenvalue weighted by Crippen LogP contribution is -2.08. The Morgan fingerprint density at radius 2 is 1.86 bits per heavy atom. The third-order valence-corrected chi connectivity index (χ3v) is 5.80. The Balaban J connectivity index is 1.67. The van der Waals surface area contributed by atoms with Crippen molar-refractivity contribution >= 4 is 40.8 Å². The molecule has 3 aromatic rings. The number of thiophene rings is 1. The van der Waals surface area contributed by atoms with Crippen molar-refractivity contribution in [2.24, 2.45) is 0 Å². The highest BCUT2D eigenvalue weighted by molar-refractivity contribution is 7.98. The Morgan fingerprint density at radius 3 is 2.54 bits per heavy atom. The number of hydrogen-bond acceptors (Lipinski definition) is 5. The predicted molar refractivity (Wildman–Crippen MR) is 118 cm³/mol. The zero-order valence-electron chi connectivity index (χ0n) is 15.7. The Hall–Kier alpha value is -2.70. The molecule has 144 valence electrons. The van der Waals surface area contributed by atoms with Gasteiger partial charge in [0.25, 0.3) is 0 Å². The summed E-state index contributed by atoms with van der Waals surface area (Å²) in [5.74, 6) is 2.03. The molecule has 0 radical (unpaired) electrons. The predicted octanol–water partition coefficient (Wildman–Crippen LogP) is 5.71. The van der Waals surface area contributed by atoms with Gasteiger partial charge in [-0.3, -0.25) is 4.79 Å². The molecular formula is C22H21NO3S2. The van der Waals surface area contributed by atoms with Crippen LogP contribution in [-0.2, 0) is 10.5 Å². The summed E-state index contributed by atoms with van der Waals surface area (Å²) >= 11 is 3.40. The SMILES string of the molecule is COc1cc(/C=C/C(=O)Nc2ccccc2SCc2ccsc2)cc(OC)c1. The Kier molecular flexibility index (Phi) is 7.17. The lowest BCUT2D eigenvalue weighted by atomic mass is 10.2. The van der Waals surface area contributed by atoms with Crippen LogP contribution in [0.2, 0.25) is 0 Å². The molecule has 2 aromatic carbocycles. The first-order valence-corrected chi connectivity index (χ1v) is 10.6. The van der Waals surface area contributed by atoms with Crippen molar-refractivity contribution in [1.29, 1.82) is 0 Å². The highest BCUT2D eigenvalue weighted by Gasteiger charge is 2.06. The van der Waals surface area contributed by atoms with Crippen molar-refractivity contribution < 1.29 is 14.3 Å². The molecule has 6 heteroatoms. The van der Waals surface area contributed by atoms with Crippen LogP contribution in [0.25, 0.3) is 6.08 Å². The first kappa shape index (κ1) is 20.0. The van der Waals surface area contributed by atoms with Crippen LogP contribution in [0.4, 0.5) is 5.69 Å². The van der Waals surface area contributed by atoms with Crippen molar-refractivity contribution in [3.05, 3.63) is 76.5 Å². The van der Waals surface area contributed by atoms with Crippen LogP contribution in [0.1, 0.15) is 11.1 Å². The van der Waals surface area contributed by atoms with Gasteiger partial charge in [0.05, 0.1) is 19.9 Å². The van der Waals surface area contributed by atoms with Gasteiger partial charge in [0, 0.05) is 22.8 Å². The molecule has 0 unspecified atom stereocenters. The van der Waals surface area contributed by atoms with Gasteiger partial charge < -0.3 is 14.8 Å². The topological polar surface area (TPSA) is 47.6 Å². The summed E-state index contributed by atoms with van der Waals surface area (Å²) in [6.45, 7) is 0. The van der Waals surface area contributed by atoms with Crippen LogP contribution in [0.15, 0.2) is 70.3 Å². The number of nitrogens with one attached hydrogen (secondary N) is 1. The molecule has 1 amide bonds. The van der Waals surface area contributed by atoms with Crippen molar-refractivity contribution in [2.75, 3.05) is 19.5 Å². The Morgan fingerprint density at radius 1 is 1.11 bits per heavy atom. The van der Waals surface area contributed by atoms with Gasteiger partial charge in [-0.15, -0.1) is 11.8 Å². The summed E-state index contributed by atoms with van der Waals surface area (Å²) < 4.78 is 10.5. The van der Waals surface area contributed by atoms with Crippen molar-refractivity contribution in [3.8, 4) is 11.5 Å². The second-order valence-corrected chi connectivity index (χ2v) is 7.68.